The zero-order chi connectivity index (χ0) is 17.6. The molecule has 6 nitrogen and oxygen atoms in total. The van der Waals surface area contributed by atoms with Crippen LogP contribution in [-0.2, 0) is 18.4 Å². The summed E-state index contributed by atoms with van der Waals surface area (Å²) in [6.45, 7) is 7.12. The molecular formula is C19H27N5O. The van der Waals surface area contributed by atoms with E-state index in [-0.39, 0.29) is 11.9 Å². The van der Waals surface area contributed by atoms with E-state index in [9.17, 15) is 4.79 Å². The van der Waals surface area contributed by atoms with Crippen molar-refractivity contribution in [3.63, 3.8) is 0 Å². The average Bonchev–Trinajstić information content (AvgIpc) is 3.02. The van der Waals surface area contributed by atoms with Gasteiger partial charge in [-0.2, -0.15) is 0 Å². The third kappa shape index (κ3) is 4.90. The monoisotopic (exact) mass is 341 g/mol. The van der Waals surface area contributed by atoms with Crippen LogP contribution in [0.15, 0.2) is 42.7 Å². The van der Waals surface area contributed by atoms with Crippen LogP contribution < -0.4 is 5.32 Å². The molecule has 1 aromatic carbocycles. The van der Waals surface area contributed by atoms with Crippen LogP contribution in [0.5, 0.6) is 0 Å². The summed E-state index contributed by atoms with van der Waals surface area (Å²) in [6.07, 6.45) is 3.81. The van der Waals surface area contributed by atoms with Crippen molar-refractivity contribution < 1.29 is 4.79 Å². The number of amides is 1. The molecule has 1 saturated heterocycles. The first kappa shape index (κ1) is 17.6. The van der Waals surface area contributed by atoms with E-state index in [1.165, 1.54) is 0 Å². The molecule has 0 unspecified atom stereocenters. The number of hydrogen-bond acceptors (Lipinski definition) is 4. The van der Waals surface area contributed by atoms with Gasteiger partial charge in [0.2, 0.25) is 5.91 Å². The topological polar surface area (TPSA) is 53.4 Å². The molecule has 2 aromatic rings. The predicted molar refractivity (Wildman–Crippen MR) is 97.9 cm³/mol. The van der Waals surface area contributed by atoms with Crippen molar-refractivity contribution in [1.29, 1.82) is 0 Å². The highest BCUT2D eigenvalue weighted by Gasteiger charge is 2.20. The molecule has 1 fully saturated rings. The number of carbonyl (C=O) groups excluding carboxylic acids is 1. The van der Waals surface area contributed by atoms with Crippen LogP contribution in [0.25, 0.3) is 0 Å². The molecule has 1 amide bonds. The third-order valence-electron chi connectivity index (χ3n) is 4.80. The second-order valence-corrected chi connectivity index (χ2v) is 6.71. The maximum Gasteiger partial charge on any atom is 0.234 e. The zero-order valence-electron chi connectivity index (χ0n) is 15.1. The standard InChI is InChI=1S/C19H27N5O/c1-16(17-6-4-3-5-7-17)21-19(25)15-24-12-10-23(11-13-24)14-18-20-8-9-22(18)2/h3-9,16H,10-15H2,1-2H3,(H,21,25)/t16-/m0/s1. The SMILES string of the molecule is C[C@H](NC(=O)CN1CCN(Cc2nccn2C)CC1)c1ccccc1. The number of nitrogens with zero attached hydrogens (tertiary/aromatic N) is 4. The van der Waals surface area contributed by atoms with Gasteiger partial charge in [0.25, 0.3) is 0 Å². The molecular weight excluding hydrogens is 314 g/mol. The fourth-order valence-electron chi connectivity index (χ4n) is 3.17. The fourth-order valence-corrected chi connectivity index (χ4v) is 3.17. The van der Waals surface area contributed by atoms with Crippen LogP contribution in [0.2, 0.25) is 0 Å². The van der Waals surface area contributed by atoms with Gasteiger partial charge in [0, 0.05) is 45.6 Å². The van der Waals surface area contributed by atoms with Crippen molar-refractivity contribution in [2.45, 2.75) is 19.5 Å². The molecule has 3 rings (SSSR count). The Morgan fingerprint density at radius 3 is 2.48 bits per heavy atom. The minimum absolute atomic E-state index is 0.0402. The van der Waals surface area contributed by atoms with E-state index in [4.69, 9.17) is 0 Å². The normalized spacial score (nSPS) is 17.4. The molecule has 134 valence electrons. The summed E-state index contributed by atoms with van der Waals surface area (Å²) in [6, 6.07) is 10.1. The largest absolute Gasteiger partial charge is 0.348 e. The Kier molecular flexibility index (Phi) is 5.83. The molecule has 0 radical (unpaired) electrons. The molecule has 0 spiro atoms. The number of aryl methyl sites for hydroxylation is 1. The van der Waals surface area contributed by atoms with E-state index in [1.807, 2.05) is 56.7 Å². The van der Waals surface area contributed by atoms with Crippen LogP contribution in [0.3, 0.4) is 0 Å². The quantitative estimate of drug-likeness (QED) is 0.863. The van der Waals surface area contributed by atoms with Gasteiger partial charge < -0.3 is 9.88 Å². The lowest BCUT2D eigenvalue weighted by Crippen LogP contribution is -2.49. The number of imidazole rings is 1. The first-order valence-electron chi connectivity index (χ1n) is 8.87. The first-order chi connectivity index (χ1) is 12.1. The van der Waals surface area contributed by atoms with Crippen LogP contribution in [0.1, 0.15) is 24.4 Å². The summed E-state index contributed by atoms with van der Waals surface area (Å²) in [5, 5.41) is 3.09. The highest BCUT2D eigenvalue weighted by Crippen LogP contribution is 2.11. The number of rotatable bonds is 6. The number of nitrogens with one attached hydrogen (secondary N) is 1. The second-order valence-electron chi connectivity index (χ2n) is 6.71. The number of benzene rings is 1. The molecule has 1 N–H and O–H groups in total. The minimum atomic E-state index is 0.0402. The van der Waals surface area contributed by atoms with Crippen molar-refractivity contribution >= 4 is 5.91 Å². The minimum Gasteiger partial charge on any atom is -0.348 e. The Labute approximate surface area is 149 Å². The lowest BCUT2D eigenvalue weighted by atomic mass is 10.1. The van der Waals surface area contributed by atoms with E-state index in [0.717, 1.165) is 44.1 Å². The molecule has 1 aromatic heterocycles. The van der Waals surface area contributed by atoms with Crippen molar-refractivity contribution in [2.24, 2.45) is 7.05 Å². The van der Waals surface area contributed by atoms with E-state index in [2.05, 4.69) is 24.7 Å². The summed E-state index contributed by atoms with van der Waals surface area (Å²) in [5.41, 5.74) is 1.13. The highest BCUT2D eigenvalue weighted by molar-refractivity contribution is 5.78. The van der Waals surface area contributed by atoms with Crippen molar-refractivity contribution in [2.75, 3.05) is 32.7 Å². The number of piperazine rings is 1. The summed E-state index contributed by atoms with van der Waals surface area (Å²) in [7, 11) is 2.02. The van der Waals surface area contributed by atoms with Gasteiger partial charge in [0.1, 0.15) is 5.82 Å². The molecule has 2 heterocycles. The van der Waals surface area contributed by atoms with E-state index in [1.54, 1.807) is 0 Å². The van der Waals surface area contributed by atoms with Gasteiger partial charge in [-0.1, -0.05) is 30.3 Å². The van der Waals surface area contributed by atoms with Crippen LogP contribution in [0, 0.1) is 0 Å². The van der Waals surface area contributed by atoms with Crippen molar-refractivity contribution in [3.8, 4) is 0 Å². The van der Waals surface area contributed by atoms with Gasteiger partial charge in [-0.25, -0.2) is 4.98 Å². The molecule has 1 aliphatic heterocycles. The number of carbonyl (C=O) groups is 1. The second kappa shape index (κ2) is 8.27. The van der Waals surface area contributed by atoms with Crippen molar-refractivity contribution in [1.82, 2.24) is 24.7 Å². The summed E-state index contributed by atoms with van der Waals surface area (Å²) in [4.78, 5) is 21.3. The Bertz CT molecular complexity index is 676. The zero-order valence-corrected chi connectivity index (χ0v) is 15.1. The Morgan fingerprint density at radius 2 is 1.84 bits per heavy atom. The molecule has 0 saturated carbocycles. The molecule has 6 heteroatoms. The van der Waals surface area contributed by atoms with Gasteiger partial charge in [-0.15, -0.1) is 0 Å². The van der Waals surface area contributed by atoms with Gasteiger partial charge in [-0.05, 0) is 12.5 Å². The number of aromatic nitrogens is 2. The van der Waals surface area contributed by atoms with Crippen LogP contribution in [-0.4, -0.2) is 58.0 Å². The fraction of sp³-hybridized carbons (Fsp3) is 0.474. The average molecular weight is 341 g/mol. The highest BCUT2D eigenvalue weighted by atomic mass is 16.2. The predicted octanol–water partition coefficient (Wildman–Crippen LogP) is 1.42. The first-order valence-corrected chi connectivity index (χ1v) is 8.87. The lowest BCUT2D eigenvalue weighted by Gasteiger charge is -2.34. The van der Waals surface area contributed by atoms with E-state index in [0.29, 0.717) is 6.54 Å². The van der Waals surface area contributed by atoms with E-state index < -0.39 is 0 Å². The number of hydrogen-bond donors (Lipinski definition) is 1. The van der Waals surface area contributed by atoms with Crippen LogP contribution in [0.4, 0.5) is 0 Å². The van der Waals surface area contributed by atoms with Crippen LogP contribution >= 0.6 is 0 Å². The van der Waals surface area contributed by atoms with E-state index >= 15 is 0 Å². The molecule has 1 atom stereocenters. The molecule has 0 bridgehead atoms. The lowest BCUT2D eigenvalue weighted by molar-refractivity contribution is -0.123. The third-order valence-corrected chi connectivity index (χ3v) is 4.80. The Morgan fingerprint density at radius 1 is 1.16 bits per heavy atom. The van der Waals surface area contributed by atoms with Crippen molar-refractivity contribution in [3.05, 3.63) is 54.1 Å². The summed E-state index contributed by atoms with van der Waals surface area (Å²) < 4.78 is 2.06. The van der Waals surface area contributed by atoms with Gasteiger partial charge in [0.05, 0.1) is 19.1 Å². The van der Waals surface area contributed by atoms with Gasteiger partial charge in [-0.3, -0.25) is 14.6 Å². The summed E-state index contributed by atoms with van der Waals surface area (Å²) >= 11 is 0. The Hall–Kier alpha value is -2.18. The molecule has 1 aliphatic rings. The molecule has 25 heavy (non-hydrogen) atoms. The molecule has 0 aliphatic carbocycles. The Balaban J connectivity index is 1.41. The van der Waals surface area contributed by atoms with Gasteiger partial charge >= 0.3 is 0 Å². The maximum atomic E-state index is 12.3. The smallest absolute Gasteiger partial charge is 0.234 e. The maximum absolute atomic E-state index is 12.3. The summed E-state index contributed by atoms with van der Waals surface area (Å²) in [5.74, 6) is 1.18. The van der Waals surface area contributed by atoms with Gasteiger partial charge in [0.15, 0.2) is 0 Å².